The van der Waals surface area contributed by atoms with Crippen LogP contribution in [-0.2, 0) is 4.74 Å². The summed E-state index contributed by atoms with van der Waals surface area (Å²) in [5.41, 5.74) is 0.0138. The summed E-state index contributed by atoms with van der Waals surface area (Å²) < 4.78 is 5.83. The number of halogens is 1. The van der Waals surface area contributed by atoms with Crippen LogP contribution >= 0.6 is 11.6 Å². The fraction of sp³-hybridized carbons (Fsp3) is 1.00. The predicted octanol–water partition coefficient (Wildman–Crippen LogP) is 5.55. The Morgan fingerprint density at radius 3 is 2.00 bits per heavy atom. The minimum atomic E-state index is 0.0138. The van der Waals surface area contributed by atoms with Gasteiger partial charge in [0.15, 0.2) is 0 Å². The van der Waals surface area contributed by atoms with E-state index in [2.05, 4.69) is 20.8 Å². The van der Waals surface area contributed by atoms with Gasteiger partial charge in [0, 0.05) is 12.5 Å². The van der Waals surface area contributed by atoms with Crippen LogP contribution in [0.15, 0.2) is 0 Å². The summed E-state index contributed by atoms with van der Waals surface area (Å²) >= 11 is 5.84. The monoisotopic (exact) mass is 262 g/mol. The molecule has 0 rings (SSSR count). The van der Waals surface area contributed by atoms with E-state index in [9.17, 15) is 0 Å². The molecule has 1 nitrogen and oxygen atoms in total. The molecule has 17 heavy (non-hydrogen) atoms. The summed E-state index contributed by atoms with van der Waals surface area (Å²) in [5.74, 6) is 0.701. The lowest BCUT2D eigenvalue weighted by Crippen LogP contribution is -2.29. The van der Waals surface area contributed by atoms with Crippen molar-refractivity contribution in [2.24, 2.45) is 0 Å². The Morgan fingerprint density at radius 1 is 0.882 bits per heavy atom. The maximum Gasteiger partial charge on any atom is 0.0665 e. The largest absolute Gasteiger partial charge is 0.376 e. The highest BCUT2D eigenvalue weighted by Gasteiger charge is 2.22. The Hall–Kier alpha value is 0.250. The molecule has 1 unspecified atom stereocenters. The van der Waals surface area contributed by atoms with Crippen LogP contribution in [0.4, 0.5) is 0 Å². The molecular formula is C15H31ClO. The smallest absolute Gasteiger partial charge is 0.0665 e. The van der Waals surface area contributed by atoms with Crippen molar-refractivity contribution in [1.29, 1.82) is 0 Å². The maximum absolute atomic E-state index is 5.84. The van der Waals surface area contributed by atoms with Gasteiger partial charge in [-0.15, -0.1) is 11.6 Å². The van der Waals surface area contributed by atoms with Crippen molar-refractivity contribution < 1.29 is 4.74 Å². The molecular weight excluding hydrogens is 232 g/mol. The number of rotatable bonds is 12. The zero-order valence-corrected chi connectivity index (χ0v) is 12.8. The molecule has 0 spiro atoms. The predicted molar refractivity (Wildman–Crippen MR) is 78.0 cm³/mol. The molecule has 0 aromatic heterocycles. The van der Waals surface area contributed by atoms with E-state index in [-0.39, 0.29) is 5.60 Å². The fourth-order valence-corrected chi connectivity index (χ4v) is 2.67. The van der Waals surface area contributed by atoms with Crippen molar-refractivity contribution in [3.05, 3.63) is 0 Å². The van der Waals surface area contributed by atoms with Crippen LogP contribution in [0.2, 0.25) is 0 Å². The van der Waals surface area contributed by atoms with Crippen molar-refractivity contribution in [1.82, 2.24) is 0 Å². The average molecular weight is 263 g/mol. The molecule has 104 valence electrons. The molecule has 0 aromatic carbocycles. The van der Waals surface area contributed by atoms with Gasteiger partial charge in [0.1, 0.15) is 0 Å². The van der Waals surface area contributed by atoms with Gasteiger partial charge in [-0.1, -0.05) is 51.9 Å². The highest BCUT2D eigenvalue weighted by molar-refractivity contribution is 6.17. The maximum atomic E-state index is 5.84. The van der Waals surface area contributed by atoms with Gasteiger partial charge in [-0.3, -0.25) is 0 Å². The minimum absolute atomic E-state index is 0.0138. The summed E-state index contributed by atoms with van der Waals surface area (Å²) in [6.07, 6.45) is 11.6. The van der Waals surface area contributed by atoms with Gasteiger partial charge in [0.25, 0.3) is 0 Å². The third kappa shape index (κ3) is 9.91. The quantitative estimate of drug-likeness (QED) is 0.331. The van der Waals surface area contributed by atoms with E-state index in [1.54, 1.807) is 0 Å². The van der Waals surface area contributed by atoms with Crippen LogP contribution in [0.25, 0.3) is 0 Å². The lowest BCUT2D eigenvalue weighted by Gasteiger charge is -2.29. The molecule has 0 N–H and O–H groups in total. The molecule has 2 heteroatoms. The van der Waals surface area contributed by atoms with E-state index in [1.807, 2.05) is 0 Å². The van der Waals surface area contributed by atoms with Crippen molar-refractivity contribution in [2.45, 2.75) is 84.2 Å². The van der Waals surface area contributed by atoms with Gasteiger partial charge < -0.3 is 4.74 Å². The van der Waals surface area contributed by atoms with Gasteiger partial charge in [0.2, 0.25) is 0 Å². The van der Waals surface area contributed by atoms with Crippen LogP contribution in [0.5, 0.6) is 0 Å². The van der Waals surface area contributed by atoms with Crippen LogP contribution in [0, 0.1) is 0 Å². The Morgan fingerprint density at radius 2 is 1.47 bits per heavy atom. The van der Waals surface area contributed by atoms with Gasteiger partial charge >= 0.3 is 0 Å². The van der Waals surface area contributed by atoms with E-state index in [4.69, 9.17) is 16.3 Å². The van der Waals surface area contributed by atoms with Crippen molar-refractivity contribution in [3.8, 4) is 0 Å². The van der Waals surface area contributed by atoms with E-state index in [1.165, 1.54) is 44.9 Å². The molecule has 0 aliphatic rings. The van der Waals surface area contributed by atoms with E-state index in [0.717, 1.165) is 19.4 Å². The zero-order valence-electron chi connectivity index (χ0n) is 12.1. The molecule has 0 amide bonds. The molecule has 0 aromatic rings. The summed E-state index contributed by atoms with van der Waals surface area (Å²) in [7, 11) is 0. The van der Waals surface area contributed by atoms with E-state index < -0.39 is 0 Å². The van der Waals surface area contributed by atoms with Gasteiger partial charge in [0.05, 0.1) is 5.60 Å². The molecule has 0 aliphatic heterocycles. The molecule has 0 saturated carbocycles. The first kappa shape index (κ1) is 17.2. The Labute approximate surface area is 113 Å². The number of ether oxygens (including phenoxy) is 1. The third-order valence-electron chi connectivity index (χ3n) is 3.43. The minimum Gasteiger partial charge on any atom is -0.376 e. The normalized spacial score (nSPS) is 14.8. The van der Waals surface area contributed by atoms with E-state index >= 15 is 0 Å². The van der Waals surface area contributed by atoms with Crippen LogP contribution < -0.4 is 0 Å². The first-order valence-electron chi connectivity index (χ1n) is 7.38. The first-order chi connectivity index (χ1) is 8.18. The first-order valence-corrected chi connectivity index (χ1v) is 7.92. The standard InChI is InChI=1S/C15H31ClO/c1-4-6-7-8-9-10-11-12-15(3,13-14-16)17-5-2/h4-14H2,1-3H3. The highest BCUT2D eigenvalue weighted by atomic mass is 35.5. The third-order valence-corrected chi connectivity index (χ3v) is 3.61. The van der Waals surface area contributed by atoms with Crippen molar-refractivity contribution in [3.63, 3.8) is 0 Å². The molecule has 0 aliphatic carbocycles. The highest BCUT2D eigenvalue weighted by Crippen LogP contribution is 2.24. The molecule has 1 atom stereocenters. The second-order valence-corrected chi connectivity index (χ2v) is 5.57. The summed E-state index contributed by atoms with van der Waals surface area (Å²) in [6.45, 7) is 7.33. The second kappa shape index (κ2) is 11.3. The molecule has 0 saturated heterocycles. The molecule has 0 heterocycles. The number of hydrogen-bond donors (Lipinski definition) is 0. The number of alkyl halides is 1. The van der Waals surface area contributed by atoms with Crippen molar-refractivity contribution >= 4 is 11.6 Å². The Kier molecular flexibility index (Phi) is 11.5. The zero-order chi connectivity index (χ0) is 13.0. The summed E-state index contributed by atoms with van der Waals surface area (Å²) in [6, 6.07) is 0. The van der Waals surface area contributed by atoms with Gasteiger partial charge in [-0.2, -0.15) is 0 Å². The SMILES string of the molecule is CCCCCCCCCC(C)(CCCl)OCC. The van der Waals surface area contributed by atoms with Gasteiger partial charge in [-0.05, 0) is 26.7 Å². The fourth-order valence-electron chi connectivity index (χ4n) is 2.27. The Bertz CT molecular complexity index is 153. The molecule has 0 bridgehead atoms. The van der Waals surface area contributed by atoms with Crippen LogP contribution in [0.3, 0.4) is 0 Å². The van der Waals surface area contributed by atoms with E-state index in [0.29, 0.717) is 5.88 Å². The number of unbranched alkanes of at least 4 members (excludes halogenated alkanes) is 6. The second-order valence-electron chi connectivity index (χ2n) is 5.19. The molecule has 0 fully saturated rings. The van der Waals surface area contributed by atoms with Gasteiger partial charge in [-0.25, -0.2) is 0 Å². The van der Waals surface area contributed by atoms with Crippen molar-refractivity contribution in [2.75, 3.05) is 12.5 Å². The average Bonchev–Trinajstić information content (AvgIpc) is 2.28. The van der Waals surface area contributed by atoms with Crippen LogP contribution in [-0.4, -0.2) is 18.1 Å². The topological polar surface area (TPSA) is 9.23 Å². The number of hydrogen-bond acceptors (Lipinski definition) is 1. The summed E-state index contributed by atoms with van der Waals surface area (Å²) in [5, 5.41) is 0. The lowest BCUT2D eigenvalue weighted by atomic mass is 9.94. The lowest BCUT2D eigenvalue weighted by molar-refractivity contribution is -0.0346. The molecule has 0 radical (unpaired) electrons. The Balaban J connectivity index is 3.54. The summed E-state index contributed by atoms with van der Waals surface area (Å²) in [4.78, 5) is 0. The van der Waals surface area contributed by atoms with Crippen LogP contribution in [0.1, 0.15) is 78.6 Å².